The average Bonchev–Trinajstić information content (AvgIpc) is 3.67. The minimum absolute atomic E-state index is 0.0562. The predicted octanol–water partition coefficient (Wildman–Crippen LogP) is 2.42. The molecule has 3 aromatic carbocycles. The maximum Gasteiger partial charge on any atom is 0.243 e. The summed E-state index contributed by atoms with van der Waals surface area (Å²) in [5.41, 5.74) is 14.7. The Morgan fingerprint density at radius 2 is 0.855 bits per heavy atom. The number of unbranched alkanes of at least 4 members (excludes halogenated alkanes) is 2. The number of nitrogens with two attached hydrogens (primary N) is 2. The average molecular weight is 850 g/mol. The zero-order valence-corrected chi connectivity index (χ0v) is 35.8. The van der Waals surface area contributed by atoms with Crippen molar-refractivity contribution in [3.63, 3.8) is 0 Å². The molecular weight excluding hydrogens is 787 g/mol. The Morgan fingerprint density at radius 3 is 1.32 bits per heavy atom. The number of para-hydroxylation sites is 1. The van der Waals surface area contributed by atoms with Crippen molar-refractivity contribution in [1.82, 2.24) is 36.9 Å². The van der Waals surface area contributed by atoms with Crippen LogP contribution < -0.4 is 43.4 Å². The predicted molar refractivity (Wildman–Crippen MR) is 239 cm³/mol. The van der Waals surface area contributed by atoms with Gasteiger partial charge in [-0.05, 0) is 86.7 Å². The van der Waals surface area contributed by atoms with E-state index in [0.717, 1.165) is 27.6 Å². The molecule has 15 nitrogen and oxygen atoms in total. The molecule has 6 amide bonds. The molecule has 1 aromatic heterocycles. The van der Waals surface area contributed by atoms with Gasteiger partial charge in [-0.2, -0.15) is 0 Å². The molecule has 1 aliphatic heterocycles. The van der Waals surface area contributed by atoms with Crippen molar-refractivity contribution in [1.29, 1.82) is 0 Å². The van der Waals surface area contributed by atoms with Gasteiger partial charge in [-0.3, -0.25) is 28.8 Å². The van der Waals surface area contributed by atoms with E-state index in [1.165, 1.54) is 0 Å². The van der Waals surface area contributed by atoms with E-state index < -0.39 is 71.7 Å². The van der Waals surface area contributed by atoms with Crippen molar-refractivity contribution in [3.05, 3.63) is 108 Å². The maximum absolute atomic E-state index is 14.5. The van der Waals surface area contributed by atoms with Gasteiger partial charge in [0.2, 0.25) is 35.4 Å². The molecule has 11 N–H and O–H groups in total. The van der Waals surface area contributed by atoms with Crippen LogP contribution in [0.25, 0.3) is 10.9 Å². The third-order valence-electron chi connectivity index (χ3n) is 11.1. The number of hydrogen-bond donors (Lipinski definition) is 9. The summed E-state index contributed by atoms with van der Waals surface area (Å²) in [5.74, 6) is -3.72. The quantitative estimate of drug-likeness (QED) is 0.0757. The molecule has 0 spiro atoms. The van der Waals surface area contributed by atoms with Crippen LogP contribution >= 0.6 is 0 Å². The van der Waals surface area contributed by atoms with Gasteiger partial charge in [0.15, 0.2) is 0 Å². The zero-order valence-electron chi connectivity index (χ0n) is 35.8. The van der Waals surface area contributed by atoms with Crippen molar-refractivity contribution in [2.24, 2.45) is 17.4 Å². The van der Waals surface area contributed by atoms with Gasteiger partial charge < -0.3 is 48.4 Å². The smallest absolute Gasteiger partial charge is 0.243 e. The Morgan fingerprint density at radius 1 is 0.468 bits per heavy atom. The molecule has 6 atom stereocenters. The first-order chi connectivity index (χ1) is 29.9. The fourth-order valence-electron chi connectivity index (χ4n) is 7.71. The third-order valence-corrected chi connectivity index (χ3v) is 11.1. The van der Waals surface area contributed by atoms with Gasteiger partial charge in [0.05, 0.1) is 0 Å². The minimum Gasteiger partial charge on any atom is -0.361 e. The summed E-state index contributed by atoms with van der Waals surface area (Å²) < 4.78 is 0. The molecule has 5 rings (SSSR count). The van der Waals surface area contributed by atoms with Crippen LogP contribution in [-0.4, -0.2) is 89.8 Å². The molecule has 0 bridgehead atoms. The van der Waals surface area contributed by atoms with Crippen molar-refractivity contribution < 1.29 is 28.8 Å². The summed E-state index contributed by atoms with van der Waals surface area (Å²) in [6.07, 6.45) is 4.75. The van der Waals surface area contributed by atoms with Crippen molar-refractivity contribution in [3.8, 4) is 0 Å². The first-order valence-electron chi connectivity index (χ1n) is 21.8. The lowest BCUT2D eigenvalue weighted by molar-refractivity contribution is -0.137. The van der Waals surface area contributed by atoms with E-state index in [-0.39, 0.29) is 44.4 Å². The Labute approximate surface area is 363 Å². The van der Waals surface area contributed by atoms with Crippen LogP contribution in [0.1, 0.15) is 75.5 Å². The van der Waals surface area contributed by atoms with Gasteiger partial charge in [0.25, 0.3) is 0 Å². The Bertz CT molecular complexity index is 2090. The molecule has 4 aromatic rings. The topological polar surface area (TPSA) is 242 Å². The largest absolute Gasteiger partial charge is 0.361 e. The molecule has 0 aliphatic carbocycles. The highest BCUT2D eigenvalue weighted by molar-refractivity contribution is 5.98. The monoisotopic (exact) mass is 849 g/mol. The zero-order chi connectivity index (χ0) is 44.4. The normalized spacial score (nSPS) is 22.1. The van der Waals surface area contributed by atoms with Gasteiger partial charge in [0, 0.05) is 36.4 Å². The second-order valence-electron chi connectivity index (χ2n) is 16.5. The summed E-state index contributed by atoms with van der Waals surface area (Å²) in [5, 5.41) is 18.2. The number of benzene rings is 3. The second-order valence-corrected chi connectivity index (χ2v) is 16.5. The number of nitrogens with one attached hydrogen (secondary N) is 7. The summed E-state index contributed by atoms with van der Waals surface area (Å²) in [6.45, 7) is 4.56. The van der Waals surface area contributed by atoms with Crippen molar-refractivity contribution >= 4 is 46.3 Å². The number of fused-ring (bicyclic) bond motifs is 1. The van der Waals surface area contributed by atoms with Crippen LogP contribution in [-0.2, 0) is 48.0 Å². The lowest BCUT2D eigenvalue weighted by atomic mass is 9.98. The summed E-state index contributed by atoms with van der Waals surface area (Å²) >= 11 is 0. The first kappa shape index (κ1) is 47.0. The fourth-order valence-corrected chi connectivity index (χ4v) is 7.71. The van der Waals surface area contributed by atoms with Gasteiger partial charge in [-0.15, -0.1) is 0 Å². The minimum atomic E-state index is -1.18. The summed E-state index contributed by atoms with van der Waals surface area (Å²) in [7, 11) is 0. The number of rotatable bonds is 16. The number of H-pyrrole nitrogens is 1. The van der Waals surface area contributed by atoms with Crippen molar-refractivity contribution in [2.45, 2.75) is 114 Å². The number of hydrogen-bond acceptors (Lipinski definition) is 8. The van der Waals surface area contributed by atoms with Crippen LogP contribution in [0.4, 0.5) is 0 Å². The molecule has 332 valence electrons. The van der Waals surface area contributed by atoms with E-state index in [2.05, 4.69) is 36.9 Å². The molecule has 1 saturated heterocycles. The summed E-state index contributed by atoms with van der Waals surface area (Å²) in [6, 6.07) is 19.1. The standard InChI is InChI=1S/C47H63N9O6/c1-30(2)25-38-44(59)54-40(27-32-17-7-4-8-18-32)46(61)55-39(26-31-15-5-3-6-16-31)45(60)52-36(21-11-13-23-48)42(57)51-37(22-12-14-24-49)43(58)56-41(47(62)53-38)28-33-29-50-35-20-10-9-19-34(33)35/h3-10,15-20,29-30,36-41,50H,11-14,21-28,48-49H2,1-2H3,(H,51,57)(H,52,60)(H,53,62)(H,54,59)(H,55,61)(H,56,58)/t36-,37+,38+,39+,40-,41-/m1/s1. The molecule has 1 aliphatic rings. The Kier molecular flexibility index (Phi) is 18.0. The van der Waals surface area contributed by atoms with E-state index in [1.807, 2.05) is 98.8 Å². The van der Waals surface area contributed by atoms with Crippen LogP contribution in [0.2, 0.25) is 0 Å². The summed E-state index contributed by atoms with van der Waals surface area (Å²) in [4.78, 5) is 89.6. The molecule has 0 radical (unpaired) electrons. The van der Waals surface area contributed by atoms with Crippen molar-refractivity contribution in [2.75, 3.05) is 13.1 Å². The molecule has 2 heterocycles. The van der Waals surface area contributed by atoms with E-state index in [4.69, 9.17) is 11.5 Å². The number of aromatic amines is 1. The van der Waals surface area contributed by atoms with Gasteiger partial charge >= 0.3 is 0 Å². The van der Waals surface area contributed by atoms with Crippen LogP contribution in [0, 0.1) is 5.92 Å². The molecule has 0 saturated carbocycles. The van der Waals surface area contributed by atoms with Gasteiger partial charge in [-0.25, -0.2) is 0 Å². The fraction of sp³-hybridized carbons (Fsp3) is 0.447. The Balaban J connectivity index is 1.58. The maximum atomic E-state index is 14.5. The van der Waals surface area contributed by atoms with E-state index in [0.29, 0.717) is 38.8 Å². The van der Waals surface area contributed by atoms with E-state index in [1.54, 1.807) is 6.20 Å². The van der Waals surface area contributed by atoms with Crippen LogP contribution in [0.5, 0.6) is 0 Å². The number of aromatic nitrogens is 1. The highest BCUT2D eigenvalue weighted by Crippen LogP contribution is 2.20. The van der Waals surface area contributed by atoms with Gasteiger partial charge in [0.1, 0.15) is 36.3 Å². The molecule has 1 fully saturated rings. The number of carbonyl (C=O) groups is 6. The number of carbonyl (C=O) groups excluding carboxylic acids is 6. The van der Waals surface area contributed by atoms with Crippen LogP contribution in [0.15, 0.2) is 91.1 Å². The highest BCUT2D eigenvalue weighted by Gasteiger charge is 2.35. The van der Waals surface area contributed by atoms with Crippen LogP contribution in [0.3, 0.4) is 0 Å². The third kappa shape index (κ3) is 14.0. The first-order valence-corrected chi connectivity index (χ1v) is 21.8. The second kappa shape index (κ2) is 23.8. The Hall–Kier alpha value is -6.06. The SMILES string of the molecule is CC(C)C[C@@H]1NC(=O)[C@@H](Cc2c[nH]c3ccccc23)NC(=O)[C@H](CCCCN)NC(=O)[C@@H](CCCCN)NC(=O)[C@H](Cc2ccccc2)NC(=O)[C@@H](Cc2ccccc2)NC1=O. The lowest BCUT2D eigenvalue weighted by Crippen LogP contribution is -2.62. The molecule has 0 unspecified atom stereocenters. The molecule has 15 heteroatoms. The lowest BCUT2D eigenvalue weighted by Gasteiger charge is -2.30. The van der Waals surface area contributed by atoms with Gasteiger partial charge in [-0.1, -0.05) is 92.7 Å². The number of amides is 6. The highest BCUT2D eigenvalue weighted by atomic mass is 16.2. The van der Waals surface area contributed by atoms with E-state index in [9.17, 15) is 28.8 Å². The molecule has 62 heavy (non-hydrogen) atoms. The molecular formula is C47H63N9O6. The van der Waals surface area contributed by atoms with E-state index >= 15 is 0 Å².